The summed E-state index contributed by atoms with van der Waals surface area (Å²) in [4.78, 5) is 16.7. The van der Waals surface area contributed by atoms with E-state index in [0.29, 0.717) is 28.5 Å². The number of benzene rings is 2. The van der Waals surface area contributed by atoms with E-state index in [2.05, 4.69) is 15.0 Å². The number of ether oxygens (including phenoxy) is 2. The van der Waals surface area contributed by atoms with Crippen molar-refractivity contribution >= 4 is 15.9 Å². The first-order chi connectivity index (χ1) is 16.2. The van der Waals surface area contributed by atoms with Crippen LogP contribution in [0.2, 0.25) is 0 Å². The molecule has 2 N–H and O–H groups in total. The number of pyridine rings is 1. The zero-order valence-electron chi connectivity index (χ0n) is 19.7. The van der Waals surface area contributed by atoms with Gasteiger partial charge in [0.25, 0.3) is 0 Å². The van der Waals surface area contributed by atoms with Gasteiger partial charge in [-0.15, -0.1) is 0 Å². The highest BCUT2D eigenvalue weighted by Gasteiger charge is 2.19. The summed E-state index contributed by atoms with van der Waals surface area (Å²) in [5.74, 6) is 1.44. The quantitative estimate of drug-likeness (QED) is 0.454. The molecule has 34 heavy (non-hydrogen) atoms. The van der Waals surface area contributed by atoms with Gasteiger partial charge in [-0.1, -0.05) is 29.8 Å². The number of amides is 1. The lowest BCUT2D eigenvalue weighted by atomic mass is 10.1. The molecule has 2 aromatic carbocycles. The van der Waals surface area contributed by atoms with Crippen molar-refractivity contribution in [2.24, 2.45) is 0 Å². The van der Waals surface area contributed by atoms with Gasteiger partial charge in [0.1, 0.15) is 11.5 Å². The Balaban J connectivity index is 1.47. The summed E-state index contributed by atoms with van der Waals surface area (Å²) in [6.07, 6.45) is 1.63. The number of aromatic nitrogens is 1. The van der Waals surface area contributed by atoms with Gasteiger partial charge in [0, 0.05) is 37.8 Å². The Morgan fingerprint density at radius 2 is 1.71 bits per heavy atom. The van der Waals surface area contributed by atoms with E-state index in [4.69, 9.17) is 9.47 Å². The van der Waals surface area contributed by atoms with Crippen molar-refractivity contribution < 1.29 is 22.7 Å². The van der Waals surface area contributed by atoms with Crippen LogP contribution in [0, 0.1) is 20.8 Å². The maximum absolute atomic E-state index is 12.7. The molecule has 0 aliphatic heterocycles. The summed E-state index contributed by atoms with van der Waals surface area (Å²) < 4.78 is 38.7. The summed E-state index contributed by atoms with van der Waals surface area (Å²) in [7, 11) is -2.11. The van der Waals surface area contributed by atoms with E-state index >= 15 is 0 Å². The highest BCUT2D eigenvalue weighted by molar-refractivity contribution is 7.89. The maximum atomic E-state index is 12.7. The number of aryl methyl sites for hydroxylation is 3. The molecule has 0 aliphatic rings. The summed E-state index contributed by atoms with van der Waals surface area (Å²) in [5.41, 5.74) is 3.15. The number of carbonyl (C=O) groups excluding carboxylic acids is 1. The van der Waals surface area contributed by atoms with Crippen molar-refractivity contribution in [1.82, 2.24) is 15.0 Å². The average Bonchev–Trinajstić information content (AvgIpc) is 2.77. The molecule has 0 spiro atoms. The third-order valence-electron chi connectivity index (χ3n) is 5.07. The van der Waals surface area contributed by atoms with Crippen LogP contribution in [0.15, 0.2) is 59.6 Å². The third kappa shape index (κ3) is 6.79. The maximum Gasteiger partial charge on any atom is 0.241 e. The van der Waals surface area contributed by atoms with Crippen LogP contribution >= 0.6 is 0 Å². The predicted molar refractivity (Wildman–Crippen MR) is 130 cm³/mol. The predicted octanol–water partition coefficient (Wildman–Crippen LogP) is 3.79. The number of hydrogen-bond donors (Lipinski definition) is 2. The molecule has 0 bridgehead atoms. The number of carbonyl (C=O) groups is 1. The van der Waals surface area contributed by atoms with Crippen molar-refractivity contribution in [1.29, 1.82) is 0 Å². The van der Waals surface area contributed by atoms with Crippen molar-refractivity contribution in [2.45, 2.75) is 38.6 Å². The largest absolute Gasteiger partial charge is 0.497 e. The van der Waals surface area contributed by atoms with E-state index < -0.39 is 10.0 Å². The molecule has 9 heteroatoms. The number of hydrogen-bond acceptors (Lipinski definition) is 6. The fourth-order valence-corrected chi connectivity index (χ4v) is 5.09. The smallest absolute Gasteiger partial charge is 0.241 e. The number of nitrogens with zero attached hydrogens (tertiary/aromatic N) is 1. The summed E-state index contributed by atoms with van der Waals surface area (Å²) in [6, 6.07) is 14.4. The molecule has 1 amide bonds. The fourth-order valence-electron chi connectivity index (χ4n) is 3.61. The molecule has 0 saturated carbocycles. The molecular formula is C25H29N3O5S. The first kappa shape index (κ1) is 25.2. The van der Waals surface area contributed by atoms with Crippen LogP contribution in [-0.2, 0) is 21.4 Å². The first-order valence-electron chi connectivity index (χ1n) is 10.8. The normalized spacial score (nSPS) is 11.2. The molecule has 3 rings (SSSR count). The van der Waals surface area contributed by atoms with Crippen LogP contribution < -0.4 is 19.5 Å². The minimum Gasteiger partial charge on any atom is -0.497 e. The average molecular weight is 484 g/mol. The van der Waals surface area contributed by atoms with Crippen LogP contribution in [0.4, 0.5) is 0 Å². The Morgan fingerprint density at radius 1 is 1.00 bits per heavy atom. The van der Waals surface area contributed by atoms with Gasteiger partial charge in [-0.25, -0.2) is 18.1 Å². The molecule has 3 aromatic rings. The van der Waals surface area contributed by atoms with Crippen LogP contribution in [0.5, 0.6) is 17.4 Å². The standard InChI is InChI=1S/C25H29N3O5S/c1-17-12-18(2)25(19(3)13-17)34(30,31)28-11-10-23(29)26-15-20-8-9-24(27-16-20)33-22-7-5-6-21(14-22)32-4/h5-9,12-14,16,28H,10-11,15H2,1-4H3,(H,26,29). The topological polar surface area (TPSA) is 107 Å². The highest BCUT2D eigenvalue weighted by Crippen LogP contribution is 2.24. The lowest BCUT2D eigenvalue weighted by molar-refractivity contribution is -0.121. The van der Waals surface area contributed by atoms with Crippen molar-refractivity contribution in [3.63, 3.8) is 0 Å². The summed E-state index contributed by atoms with van der Waals surface area (Å²) >= 11 is 0. The van der Waals surface area contributed by atoms with Gasteiger partial charge < -0.3 is 14.8 Å². The number of rotatable bonds is 10. The zero-order chi connectivity index (χ0) is 24.7. The van der Waals surface area contributed by atoms with E-state index in [1.54, 1.807) is 51.4 Å². The Hall–Kier alpha value is -3.43. The molecule has 8 nitrogen and oxygen atoms in total. The summed E-state index contributed by atoms with van der Waals surface area (Å²) in [5, 5.41) is 2.77. The molecule has 1 heterocycles. The van der Waals surface area contributed by atoms with Crippen LogP contribution in [0.25, 0.3) is 0 Å². The van der Waals surface area contributed by atoms with Crippen LogP contribution in [-0.4, -0.2) is 33.0 Å². The minimum absolute atomic E-state index is 0.00644. The molecule has 0 atom stereocenters. The Kier molecular flexibility index (Phi) is 8.25. The second-order valence-corrected chi connectivity index (χ2v) is 9.64. The van der Waals surface area contributed by atoms with E-state index in [1.165, 1.54) is 0 Å². The highest BCUT2D eigenvalue weighted by atomic mass is 32.2. The molecule has 180 valence electrons. The molecular weight excluding hydrogens is 454 g/mol. The second-order valence-electron chi connectivity index (χ2n) is 7.94. The molecule has 0 saturated heterocycles. The Morgan fingerprint density at radius 3 is 2.35 bits per heavy atom. The molecule has 0 aliphatic carbocycles. The van der Waals surface area contributed by atoms with Gasteiger partial charge in [-0.3, -0.25) is 4.79 Å². The van der Waals surface area contributed by atoms with E-state index in [0.717, 1.165) is 11.1 Å². The van der Waals surface area contributed by atoms with Gasteiger partial charge in [-0.05, 0) is 49.6 Å². The van der Waals surface area contributed by atoms with E-state index in [9.17, 15) is 13.2 Å². The second kappa shape index (κ2) is 11.1. The Bertz CT molecular complexity index is 1230. The van der Waals surface area contributed by atoms with Gasteiger partial charge in [0.2, 0.25) is 21.8 Å². The lowest BCUT2D eigenvalue weighted by Gasteiger charge is -2.13. The number of methoxy groups -OCH3 is 1. The van der Waals surface area contributed by atoms with Gasteiger partial charge in [-0.2, -0.15) is 0 Å². The van der Waals surface area contributed by atoms with Crippen molar-refractivity contribution in [2.75, 3.05) is 13.7 Å². The summed E-state index contributed by atoms with van der Waals surface area (Å²) in [6.45, 7) is 5.73. The SMILES string of the molecule is COc1cccc(Oc2ccc(CNC(=O)CCNS(=O)(=O)c3c(C)cc(C)cc3C)cn2)c1. The monoisotopic (exact) mass is 483 g/mol. The van der Waals surface area contributed by atoms with E-state index in [1.807, 2.05) is 31.2 Å². The minimum atomic E-state index is -3.70. The third-order valence-corrected chi connectivity index (χ3v) is 6.83. The Labute approximate surface area is 200 Å². The molecule has 0 unspecified atom stereocenters. The first-order valence-corrected chi connectivity index (χ1v) is 12.3. The van der Waals surface area contributed by atoms with Crippen molar-refractivity contribution in [3.05, 3.63) is 77.0 Å². The van der Waals surface area contributed by atoms with Crippen LogP contribution in [0.3, 0.4) is 0 Å². The van der Waals surface area contributed by atoms with Crippen molar-refractivity contribution in [3.8, 4) is 17.4 Å². The molecule has 1 aromatic heterocycles. The fraction of sp³-hybridized carbons (Fsp3) is 0.280. The molecule has 0 fully saturated rings. The lowest BCUT2D eigenvalue weighted by Crippen LogP contribution is -2.31. The van der Waals surface area contributed by atoms with Crippen LogP contribution in [0.1, 0.15) is 28.7 Å². The van der Waals surface area contributed by atoms with E-state index in [-0.39, 0.29) is 30.3 Å². The van der Waals surface area contributed by atoms with Gasteiger partial charge >= 0.3 is 0 Å². The van der Waals surface area contributed by atoms with Gasteiger partial charge in [0.05, 0.1) is 12.0 Å². The number of sulfonamides is 1. The van der Waals surface area contributed by atoms with Gasteiger partial charge in [0.15, 0.2) is 0 Å². The number of nitrogens with one attached hydrogen (secondary N) is 2. The zero-order valence-corrected chi connectivity index (χ0v) is 20.5. The molecule has 0 radical (unpaired) electrons.